The van der Waals surface area contributed by atoms with Crippen molar-refractivity contribution in [3.63, 3.8) is 0 Å². The minimum Gasteiger partial charge on any atom is -0.448 e. The molecule has 0 saturated heterocycles. The molecule has 4 heterocycles. The molecule has 2 aromatic heterocycles. The molecule has 0 aliphatic carbocycles. The lowest BCUT2D eigenvalue weighted by atomic mass is 9.94. The van der Waals surface area contributed by atoms with E-state index >= 15 is 0 Å². The van der Waals surface area contributed by atoms with Crippen LogP contribution in [0.2, 0.25) is 0 Å². The van der Waals surface area contributed by atoms with Crippen molar-refractivity contribution in [2.75, 3.05) is 23.1 Å². The van der Waals surface area contributed by atoms with Crippen LogP contribution in [0.1, 0.15) is 112 Å². The van der Waals surface area contributed by atoms with Crippen molar-refractivity contribution in [1.82, 2.24) is 30.4 Å². The van der Waals surface area contributed by atoms with Gasteiger partial charge in [-0.25, -0.2) is 0 Å². The van der Waals surface area contributed by atoms with Crippen LogP contribution in [-0.4, -0.2) is 42.9 Å². The molecular weight excluding hydrogens is 937 g/mol. The van der Waals surface area contributed by atoms with Gasteiger partial charge in [0.2, 0.25) is 22.1 Å². The number of nitrogens with one attached hydrogen (secondary N) is 2. The first-order chi connectivity index (χ1) is 29.9. The largest absolute Gasteiger partial charge is 0.448 e. The molecular formula is C46H48Br2N8O3S2. The number of ether oxygens (including phenoxy) is 3. The third-order valence-corrected chi connectivity index (χ3v) is 12.9. The van der Waals surface area contributed by atoms with Gasteiger partial charge in [0.25, 0.3) is 0 Å². The fourth-order valence-corrected chi connectivity index (χ4v) is 9.15. The van der Waals surface area contributed by atoms with E-state index in [-0.39, 0.29) is 12.2 Å². The Hall–Kier alpha value is -4.28. The molecule has 0 bridgehead atoms. The number of hydrogen-bond donors (Lipinski definition) is 2. The minimum absolute atomic E-state index is 0.256. The maximum atomic E-state index is 7.56. The van der Waals surface area contributed by atoms with Gasteiger partial charge in [0, 0.05) is 42.6 Å². The lowest BCUT2D eigenvalue weighted by Crippen LogP contribution is -2.23. The number of fused-ring (bicyclic) bond motifs is 6. The first kappa shape index (κ1) is 43.4. The molecule has 0 fully saturated rings. The van der Waals surface area contributed by atoms with E-state index < -0.39 is 12.5 Å². The molecule has 2 aliphatic rings. The number of rotatable bonds is 16. The molecule has 0 spiro atoms. The standard InChI is InChI=1S/C46H48Br2N8O3S2/c1-5-7-9-19-37(29-15-11-13-17-31(29)41-49-35-23-21-27(47)25-33(35)39-43(58-41)51-45(60-3)55-53-39)57-38(20-10-8-6-2)30-16-12-14-18-32(30)42-50-36-24-22-28(48)26-34(36)40-44(59-42)52-46(61-4)56-54-40/h11-18,21-26,37-38,41-42,49-50H,5-10,19-20H2,1-4H3. The number of anilines is 2. The number of hydrogen-bond acceptors (Lipinski definition) is 13. The smallest absolute Gasteiger partial charge is 0.247 e. The number of unbranched alkanes of at least 4 members (excludes halogenated alkanes) is 4. The molecule has 8 rings (SSSR count). The van der Waals surface area contributed by atoms with Crippen molar-refractivity contribution in [1.29, 1.82) is 0 Å². The van der Waals surface area contributed by atoms with Gasteiger partial charge in [0.15, 0.2) is 23.8 Å². The van der Waals surface area contributed by atoms with Crippen LogP contribution in [-0.2, 0) is 4.74 Å². The van der Waals surface area contributed by atoms with E-state index in [9.17, 15) is 0 Å². The molecule has 0 radical (unpaired) electrons. The highest BCUT2D eigenvalue weighted by Crippen LogP contribution is 2.46. The lowest BCUT2D eigenvalue weighted by Gasteiger charge is -2.31. The lowest BCUT2D eigenvalue weighted by molar-refractivity contribution is -0.0284. The van der Waals surface area contributed by atoms with E-state index in [4.69, 9.17) is 24.2 Å². The molecule has 0 saturated carbocycles. The maximum Gasteiger partial charge on any atom is 0.247 e. The molecule has 4 unspecified atom stereocenters. The zero-order chi connectivity index (χ0) is 42.3. The average Bonchev–Trinajstić information content (AvgIpc) is 3.55. The topological polar surface area (TPSA) is 129 Å². The Morgan fingerprint density at radius 3 is 1.48 bits per heavy atom. The van der Waals surface area contributed by atoms with E-state index in [2.05, 4.69) is 125 Å². The fourth-order valence-electron chi connectivity index (χ4n) is 7.83. The van der Waals surface area contributed by atoms with E-state index in [0.29, 0.717) is 33.5 Å². The Morgan fingerprint density at radius 1 is 0.607 bits per heavy atom. The molecule has 4 atom stereocenters. The van der Waals surface area contributed by atoms with Crippen LogP contribution in [0.25, 0.3) is 22.5 Å². The van der Waals surface area contributed by atoms with E-state index in [1.807, 2.05) is 48.9 Å². The van der Waals surface area contributed by atoms with Gasteiger partial charge in [0.1, 0.15) is 0 Å². The molecule has 2 aliphatic heterocycles. The first-order valence-electron chi connectivity index (χ1n) is 20.7. The third kappa shape index (κ3) is 9.86. The highest BCUT2D eigenvalue weighted by Gasteiger charge is 2.33. The first-order valence-corrected chi connectivity index (χ1v) is 24.8. The van der Waals surface area contributed by atoms with E-state index in [1.54, 1.807) is 0 Å². The highest BCUT2D eigenvalue weighted by molar-refractivity contribution is 9.10. The molecule has 6 aromatic rings. The Balaban J connectivity index is 1.19. The summed E-state index contributed by atoms with van der Waals surface area (Å²) in [6, 6.07) is 29.1. The second-order valence-electron chi connectivity index (χ2n) is 14.9. The van der Waals surface area contributed by atoms with Crippen molar-refractivity contribution >= 4 is 66.8 Å². The number of thioether (sulfide) groups is 2. The normalized spacial score (nSPS) is 16.2. The van der Waals surface area contributed by atoms with Crippen LogP contribution >= 0.6 is 55.4 Å². The van der Waals surface area contributed by atoms with Gasteiger partial charge in [-0.1, -0.05) is 156 Å². The summed E-state index contributed by atoms with van der Waals surface area (Å²) in [5, 5.41) is 26.4. The fraction of sp³-hybridized carbons (Fsp3) is 0.348. The van der Waals surface area contributed by atoms with Gasteiger partial charge < -0.3 is 24.8 Å². The Kier molecular flexibility index (Phi) is 14.4. The van der Waals surface area contributed by atoms with Crippen LogP contribution in [0, 0.1) is 0 Å². The van der Waals surface area contributed by atoms with Crippen LogP contribution in [0.3, 0.4) is 0 Å². The van der Waals surface area contributed by atoms with Crippen molar-refractivity contribution in [2.45, 2.75) is 100 Å². The summed E-state index contributed by atoms with van der Waals surface area (Å²) < 4.78 is 23.1. The highest BCUT2D eigenvalue weighted by atomic mass is 79.9. The van der Waals surface area contributed by atoms with Gasteiger partial charge in [-0.15, -0.1) is 20.4 Å². The summed E-state index contributed by atoms with van der Waals surface area (Å²) in [5.74, 6) is 0.852. The predicted octanol–water partition coefficient (Wildman–Crippen LogP) is 13.3. The summed E-state index contributed by atoms with van der Waals surface area (Å²) in [4.78, 5) is 9.62. The second-order valence-corrected chi connectivity index (χ2v) is 18.3. The third-order valence-electron chi connectivity index (χ3n) is 10.9. The monoisotopic (exact) mass is 982 g/mol. The van der Waals surface area contributed by atoms with Gasteiger partial charge in [0.05, 0.1) is 12.2 Å². The second kappa shape index (κ2) is 20.3. The van der Waals surface area contributed by atoms with Crippen LogP contribution in [0.15, 0.2) is 104 Å². The summed E-state index contributed by atoms with van der Waals surface area (Å²) in [6.45, 7) is 4.47. The minimum atomic E-state index is -0.586. The average molecular weight is 985 g/mol. The van der Waals surface area contributed by atoms with Gasteiger partial charge in [-0.3, -0.25) is 0 Å². The SMILES string of the molecule is CCCCCC(OC(CCCCC)c1ccccc1C1Nc2ccc(Br)cc2-c2nnc(SC)nc2O1)c1ccccc1C1Nc2ccc(Br)cc2-c2nnc(SC)nc2O1. The van der Waals surface area contributed by atoms with Crippen LogP contribution < -0.4 is 20.1 Å². The molecule has 4 aromatic carbocycles. The van der Waals surface area contributed by atoms with Crippen LogP contribution in [0.4, 0.5) is 11.4 Å². The van der Waals surface area contributed by atoms with Gasteiger partial charge in [-0.2, -0.15) is 9.97 Å². The Labute approximate surface area is 382 Å². The molecule has 316 valence electrons. The number of benzene rings is 4. The van der Waals surface area contributed by atoms with Gasteiger partial charge in [-0.05, 0) is 72.9 Å². The van der Waals surface area contributed by atoms with Crippen molar-refractivity contribution < 1.29 is 14.2 Å². The van der Waals surface area contributed by atoms with Crippen molar-refractivity contribution in [3.8, 4) is 34.3 Å². The number of aromatic nitrogens is 6. The molecule has 2 N–H and O–H groups in total. The molecule has 0 amide bonds. The van der Waals surface area contributed by atoms with E-state index in [0.717, 1.165) is 105 Å². The molecule has 61 heavy (non-hydrogen) atoms. The summed E-state index contributed by atoms with van der Waals surface area (Å²) in [6.07, 6.45) is 10.2. The van der Waals surface area contributed by atoms with Crippen molar-refractivity contribution in [2.24, 2.45) is 0 Å². The molecule has 15 heteroatoms. The summed E-state index contributed by atoms with van der Waals surface area (Å²) >= 11 is 10.2. The maximum absolute atomic E-state index is 7.56. The molecule has 11 nitrogen and oxygen atoms in total. The number of nitrogens with zero attached hydrogens (tertiary/aromatic N) is 6. The quantitative estimate of drug-likeness (QED) is 0.0706. The number of halogens is 2. The van der Waals surface area contributed by atoms with Crippen LogP contribution in [0.5, 0.6) is 11.8 Å². The Morgan fingerprint density at radius 2 is 1.05 bits per heavy atom. The predicted molar refractivity (Wildman–Crippen MR) is 251 cm³/mol. The van der Waals surface area contributed by atoms with Crippen molar-refractivity contribution in [3.05, 3.63) is 116 Å². The zero-order valence-corrected chi connectivity index (χ0v) is 39.3. The van der Waals surface area contributed by atoms with Gasteiger partial charge >= 0.3 is 0 Å². The zero-order valence-electron chi connectivity index (χ0n) is 34.5. The van der Waals surface area contributed by atoms with E-state index in [1.165, 1.54) is 23.5 Å². The Bertz CT molecular complexity index is 2310. The summed E-state index contributed by atoms with van der Waals surface area (Å²) in [5.41, 5.74) is 8.72. The summed E-state index contributed by atoms with van der Waals surface area (Å²) in [7, 11) is 0.